The zero-order valence-electron chi connectivity index (χ0n) is 33.9. The third-order valence-electron chi connectivity index (χ3n) is 12.9. The van der Waals surface area contributed by atoms with E-state index in [1.807, 2.05) is 6.07 Å². The highest BCUT2D eigenvalue weighted by molar-refractivity contribution is 6.10. The summed E-state index contributed by atoms with van der Waals surface area (Å²) in [5.74, 6) is 1.95. The first-order chi connectivity index (χ1) is 28.7. The number of hydrogen-bond acceptors (Lipinski definition) is 3. The standard InChI is InChI=1S/C55H44N4/c1-54(2)28-29-55(3,4)48-34-50-46(33-47(48)54)45-16-10-11-17-49(45)59(50)44-27-26-40-31-43(25-23-41(40)32-44)53-57-51(38-21-18-37(19-22-38)35-12-6-5-7-13-35)56-52(58-53)42-24-20-36-14-8-9-15-39(36)30-42/h5-27,30-34H,28-29H2,1-4H3. The summed E-state index contributed by atoms with van der Waals surface area (Å²) in [7, 11) is 0. The summed E-state index contributed by atoms with van der Waals surface area (Å²) < 4.78 is 2.47. The second-order valence-electron chi connectivity index (χ2n) is 17.6. The van der Waals surface area contributed by atoms with Crippen molar-refractivity contribution in [1.82, 2.24) is 19.5 Å². The minimum atomic E-state index is 0.120. The number of benzene rings is 8. The number of aromatic nitrogens is 4. The van der Waals surface area contributed by atoms with Crippen molar-refractivity contribution in [1.29, 1.82) is 0 Å². The minimum Gasteiger partial charge on any atom is -0.309 e. The lowest BCUT2D eigenvalue weighted by atomic mass is 9.63. The zero-order valence-corrected chi connectivity index (χ0v) is 33.9. The molecule has 0 spiro atoms. The van der Waals surface area contributed by atoms with Gasteiger partial charge in [-0.25, -0.2) is 15.0 Å². The largest absolute Gasteiger partial charge is 0.309 e. The van der Waals surface area contributed by atoms with E-state index in [0.717, 1.165) is 44.1 Å². The van der Waals surface area contributed by atoms with Gasteiger partial charge >= 0.3 is 0 Å². The number of fused-ring (bicyclic) bond motifs is 6. The Morgan fingerprint density at radius 2 is 0.864 bits per heavy atom. The summed E-state index contributed by atoms with van der Waals surface area (Å²) in [6.45, 7) is 9.65. The van der Waals surface area contributed by atoms with Crippen LogP contribution in [0.4, 0.5) is 0 Å². The average molecular weight is 761 g/mol. The maximum absolute atomic E-state index is 5.14. The first kappa shape index (κ1) is 35.3. The highest BCUT2D eigenvalue weighted by Gasteiger charge is 2.38. The van der Waals surface area contributed by atoms with E-state index in [1.165, 1.54) is 56.7 Å². The van der Waals surface area contributed by atoms with Crippen molar-refractivity contribution in [3.63, 3.8) is 0 Å². The second-order valence-corrected chi connectivity index (χ2v) is 17.6. The van der Waals surface area contributed by atoms with Crippen LogP contribution in [0.5, 0.6) is 0 Å². The summed E-state index contributed by atoms with van der Waals surface area (Å²) in [5, 5.41) is 7.25. The van der Waals surface area contributed by atoms with Crippen LogP contribution < -0.4 is 0 Å². The van der Waals surface area contributed by atoms with Crippen molar-refractivity contribution in [2.75, 3.05) is 0 Å². The molecule has 0 aliphatic heterocycles. The third kappa shape index (κ3) is 6.01. The van der Waals surface area contributed by atoms with Gasteiger partial charge in [-0.1, -0.05) is 155 Å². The lowest BCUT2D eigenvalue weighted by molar-refractivity contribution is 0.332. The van der Waals surface area contributed by atoms with Gasteiger partial charge in [0.05, 0.1) is 11.0 Å². The van der Waals surface area contributed by atoms with E-state index in [1.54, 1.807) is 0 Å². The molecule has 2 heterocycles. The smallest absolute Gasteiger partial charge is 0.164 e. The molecule has 0 fully saturated rings. The van der Waals surface area contributed by atoms with Gasteiger partial charge in [-0.3, -0.25) is 0 Å². The van der Waals surface area contributed by atoms with Crippen LogP contribution in [0.25, 0.3) is 94.3 Å². The molecule has 284 valence electrons. The molecule has 4 nitrogen and oxygen atoms in total. The van der Waals surface area contributed by atoms with Crippen molar-refractivity contribution >= 4 is 43.4 Å². The molecular weight excluding hydrogens is 717 g/mol. The molecule has 0 atom stereocenters. The topological polar surface area (TPSA) is 43.6 Å². The molecule has 0 amide bonds. The zero-order chi connectivity index (χ0) is 39.9. The predicted octanol–water partition coefficient (Wildman–Crippen LogP) is 14.3. The highest BCUT2D eigenvalue weighted by Crippen LogP contribution is 2.48. The molecule has 0 radical (unpaired) electrons. The van der Waals surface area contributed by atoms with Gasteiger partial charge in [-0.2, -0.15) is 0 Å². The first-order valence-electron chi connectivity index (χ1n) is 20.7. The van der Waals surface area contributed by atoms with Gasteiger partial charge in [0.15, 0.2) is 17.5 Å². The lowest BCUT2D eigenvalue weighted by Crippen LogP contribution is -2.33. The molecule has 0 unspecified atom stereocenters. The van der Waals surface area contributed by atoms with Crippen molar-refractivity contribution in [3.8, 4) is 51.0 Å². The van der Waals surface area contributed by atoms with Crippen molar-refractivity contribution < 1.29 is 0 Å². The molecule has 2 aromatic heterocycles. The van der Waals surface area contributed by atoms with Crippen LogP contribution in [0.3, 0.4) is 0 Å². The molecule has 10 aromatic rings. The normalized spacial score (nSPS) is 14.6. The van der Waals surface area contributed by atoms with Crippen LogP contribution in [0.15, 0.2) is 170 Å². The Balaban J connectivity index is 1.03. The van der Waals surface area contributed by atoms with E-state index < -0.39 is 0 Å². The Labute approximate surface area is 344 Å². The third-order valence-corrected chi connectivity index (χ3v) is 12.9. The molecule has 1 aliphatic carbocycles. The Hall–Kier alpha value is -6.91. The number of para-hydroxylation sites is 1. The monoisotopic (exact) mass is 760 g/mol. The van der Waals surface area contributed by atoms with Crippen LogP contribution in [-0.4, -0.2) is 19.5 Å². The SMILES string of the molecule is CC1(C)CCC(C)(C)c2cc3c(cc21)c1ccccc1n3-c1ccc2cc(-c3nc(-c4ccc(-c5ccccc5)cc4)nc(-c4ccc5ccccc5c4)n3)ccc2c1. The number of rotatable bonds is 5. The van der Waals surface area contributed by atoms with Gasteiger partial charge in [-0.15, -0.1) is 0 Å². The van der Waals surface area contributed by atoms with Crippen LogP contribution in [0, 0.1) is 0 Å². The van der Waals surface area contributed by atoms with E-state index in [-0.39, 0.29) is 10.8 Å². The molecule has 11 rings (SSSR count). The predicted molar refractivity (Wildman–Crippen MR) is 246 cm³/mol. The van der Waals surface area contributed by atoms with Crippen molar-refractivity contribution in [2.45, 2.75) is 51.4 Å². The Morgan fingerprint density at radius 1 is 0.373 bits per heavy atom. The number of nitrogens with zero attached hydrogens (tertiary/aromatic N) is 4. The van der Waals surface area contributed by atoms with Gasteiger partial charge in [0.25, 0.3) is 0 Å². The van der Waals surface area contributed by atoms with Gasteiger partial charge in [-0.05, 0) is 110 Å². The molecule has 8 aromatic carbocycles. The van der Waals surface area contributed by atoms with E-state index in [2.05, 4.69) is 196 Å². The van der Waals surface area contributed by atoms with E-state index in [9.17, 15) is 0 Å². The van der Waals surface area contributed by atoms with E-state index in [4.69, 9.17) is 15.0 Å². The summed E-state index contributed by atoms with van der Waals surface area (Å²) in [5.41, 5.74) is 12.1. The van der Waals surface area contributed by atoms with Gasteiger partial charge in [0.2, 0.25) is 0 Å². The van der Waals surface area contributed by atoms with Crippen LogP contribution >= 0.6 is 0 Å². The summed E-state index contributed by atoms with van der Waals surface area (Å²) >= 11 is 0. The fraction of sp³-hybridized carbons (Fsp3) is 0.145. The van der Waals surface area contributed by atoms with E-state index in [0.29, 0.717) is 17.5 Å². The molecular formula is C55H44N4. The minimum absolute atomic E-state index is 0.120. The number of hydrogen-bond donors (Lipinski definition) is 0. The molecule has 0 saturated heterocycles. The summed E-state index contributed by atoms with van der Waals surface area (Å²) in [4.78, 5) is 15.3. The fourth-order valence-corrected chi connectivity index (χ4v) is 9.35. The fourth-order valence-electron chi connectivity index (χ4n) is 9.35. The Morgan fingerprint density at radius 3 is 1.58 bits per heavy atom. The van der Waals surface area contributed by atoms with Gasteiger partial charge < -0.3 is 4.57 Å². The maximum atomic E-state index is 5.14. The highest BCUT2D eigenvalue weighted by atomic mass is 15.0. The van der Waals surface area contributed by atoms with E-state index >= 15 is 0 Å². The summed E-state index contributed by atoms with van der Waals surface area (Å²) in [6, 6.07) is 61.1. The van der Waals surface area contributed by atoms with Gasteiger partial charge in [0.1, 0.15) is 0 Å². The average Bonchev–Trinajstić information content (AvgIpc) is 3.61. The second kappa shape index (κ2) is 13.3. The Kier molecular flexibility index (Phi) is 7.96. The van der Waals surface area contributed by atoms with Crippen LogP contribution in [-0.2, 0) is 10.8 Å². The van der Waals surface area contributed by atoms with Crippen molar-refractivity contribution in [3.05, 3.63) is 181 Å². The first-order valence-corrected chi connectivity index (χ1v) is 20.7. The molecule has 59 heavy (non-hydrogen) atoms. The van der Waals surface area contributed by atoms with Crippen LogP contribution in [0.2, 0.25) is 0 Å². The maximum Gasteiger partial charge on any atom is 0.164 e. The van der Waals surface area contributed by atoms with Gasteiger partial charge in [0, 0.05) is 33.2 Å². The molecule has 0 bridgehead atoms. The Bertz CT molecular complexity index is 3260. The molecule has 4 heteroatoms. The molecule has 0 saturated carbocycles. The van der Waals surface area contributed by atoms with Crippen molar-refractivity contribution in [2.24, 2.45) is 0 Å². The summed E-state index contributed by atoms with van der Waals surface area (Å²) in [6.07, 6.45) is 2.38. The lowest BCUT2D eigenvalue weighted by Gasteiger charge is -2.42. The molecule has 0 N–H and O–H groups in total. The van der Waals surface area contributed by atoms with Crippen LogP contribution in [0.1, 0.15) is 51.7 Å². The molecule has 1 aliphatic rings. The quantitative estimate of drug-likeness (QED) is 0.175.